The van der Waals surface area contributed by atoms with Gasteiger partial charge in [-0.05, 0) is 25.7 Å². The van der Waals surface area contributed by atoms with Crippen LogP contribution in [0.15, 0.2) is 0 Å². The summed E-state index contributed by atoms with van der Waals surface area (Å²) in [6.45, 7) is 4.27. The van der Waals surface area contributed by atoms with Gasteiger partial charge in [-0.3, -0.25) is 0 Å². The van der Waals surface area contributed by atoms with Crippen LogP contribution < -0.4 is 0 Å². The van der Waals surface area contributed by atoms with E-state index in [9.17, 15) is 10.2 Å². The van der Waals surface area contributed by atoms with E-state index in [1.807, 2.05) is 0 Å². The summed E-state index contributed by atoms with van der Waals surface area (Å²) in [7, 11) is 0. The van der Waals surface area contributed by atoms with Crippen LogP contribution in [0, 0.1) is 0 Å². The van der Waals surface area contributed by atoms with E-state index in [1.54, 1.807) is 0 Å². The van der Waals surface area contributed by atoms with E-state index in [0.717, 1.165) is 51.4 Å². The molecule has 0 aliphatic carbocycles. The van der Waals surface area contributed by atoms with Crippen LogP contribution in [-0.2, 0) is 0 Å². The van der Waals surface area contributed by atoms with E-state index in [1.165, 1.54) is 19.3 Å². The lowest BCUT2D eigenvalue weighted by Gasteiger charge is -2.10. The first kappa shape index (κ1) is 16.9. The number of rotatable bonds is 12. The Morgan fingerprint density at radius 2 is 1.06 bits per heavy atom. The first-order valence-corrected chi connectivity index (χ1v) is 7.56. The van der Waals surface area contributed by atoms with Gasteiger partial charge in [0.2, 0.25) is 0 Å². The molecule has 0 aromatic carbocycles. The molecule has 104 valence electrons. The smallest absolute Gasteiger partial charge is 0.0540 e. The Balaban J connectivity index is 3.17. The van der Waals surface area contributed by atoms with Crippen LogP contribution in [0.25, 0.3) is 0 Å². The predicted molar refractivity (Wildman–Crippen MR) is 74.1 cm³/mol. The van der Waals surface area contributed by atoms with Crippen LogP contribution in [0.2, 0.25) is 0 Å². The molecule has 0 bridgehead atoms. The van der Waals surface area contributed by atoms with Crippen LogP contribution in [0.3, 0.4) is 0 Å². The van der Waals surface area contributed by atoms with Crippen molar-refractivity contribution in [3.05, 3.63) is 0 Å². The zero-order valence-corrected chi connectivity index (χ0v) is 11.8. The van der Waals surface area contributed by atoms with Gasteiger partial charge in [-0.25, -0.2) is 0 Å². The van der Waals surface area contributed by atoms with Crippen LogP contribution in [-0.4, -0.2) is 22.4 Å². The molecule has 0 spiro atoms. The first-order chi connectivity index (χ1) is 8.20. The highest BCUT2D eigenvalue weighted by Crippen LogP contribution is 2.13. The standard InChI is InChI=1S/C15H32O2/c1-3-5-11-15(17)13-9-7-6-8-12-14(16)10-4-2/h14-17H,3-13H2,1-2H3. The Morgan fingerprint density at radius 1 is 0.588 bits per heavy atom. The Bertz CT molecular complexity index is 148. The van der Waals surface area contributed by atoms with Gasteiger partial charge in [0.1, 0.15) is 0 Å². The second-order valence-corrected chi connectivity index (χ2v) is 5.23. The molecule has 2 N–H and O–H groups in total. The minimum atomic E-state index is -0.0878. The van der Waals surface area contributed by atoms with E-state index in [2.05, 4.69) is 13.8 Å². The monoisotopic (exact) mass is 244 g/mol. The number of aliphatic hydroxyl groups is 2. The summed E-state index contributed by atoms with van der Waals surface area (Å²) in [6.07, 6.45) is 11.7. The molecular weight excluding hydrogens is 212 g/mol. The quantitative estimate of drug-likeness (QED) is 0.509. The average Bonchev–Trinajstić information content (AvgIpc) is 2.31. The Kier molecular flexibility index (Phi) is 12.3. The molecule has 17 heavy (non-hydrogen) atoms. The third-order valence-corrected chi connectivity index (χ3v) is 3.34. The van der Waals surface area contributed by atoms with Crippen LogP contribution in [0.5, 0.6) is 0 Å². The fraction of sp³-hybridized carbons (Fsp3) is 1.00. The maximum absolute atomic E-state index is 9.66. The van der Waals surface area contributed by atoms with Crippen LogP contribution >= 0.6 is 0 Å². The van der Waals surface area contributed by atoms with Gasteiger partial charge in [0, 0.05) is 0 Å². The highest BCUT2D eigenvalue weighted by Gasteiger charge is 2.04. The zero-order chi connectivity index (χ0) is 12.9. The molecule has 2 unspecified atom stereocenters. The van der Waals surface area contributed by atoms with Crippen molar-refractivity contribution >= 4 is 0 Å². The molecule has 0 fully saturated rings. The van der Waals surface area contributed by atoms with Gasteiger partial charge >= 0.3 is 0 Å². The van der Waals surface area contributed by atoms with Crippen LogP contribution in [0.4, 0.5) is 0 Å². The Morgan fingerprint density at radius 3 is 1.53 bits per heavy atom. The van der Waals surface area contributed by atoms with Crippen molar-refractivity contribution in [1.82, 2.24) is 0 Å². The highest BCUT2D eigenvalue weighted by molar-refractivity contribution is 4.58. The maximum atomic E-state index is 9.66. The fourth-order valence-electron chi connectivity index (χ4n) is 2.18. The number of aliphatic hydroxyl groups excluding tert-OH is 2. The lowest BCUT2D eigenvalue weighted by atomic mass is 10.0. The molecule has 0 aliphatic rings. The highest BCUT2D eigenvalue weighted by atomic mass is 16.3. The van der Waals surface area contributed by atoms with Crippen molar-refractivity contribution in [3.8, 4) is 0 Å². The lowest BCUT2D eigenvalue weighted by molar-refractivity contribution is 0.143. The normalized spacial score (nSPS) is 14.8. The summed E-state index contributed by atoms with van der Waals surface area (Å²) in [6, 6.07) is 0. The van der Waals surface area contributed by atoms with Gasteiger partial charge in [-0.2, -0.15) is 0 Å². The molecule has 0 heterocycles. The van der Waals surface area contributed by atoms with Gasteiger partial charge in [0.25, 0.3) is 0 Å². The molecule has 0 saturated heterocycles. The van der Waals surface area contributed by atoms with Crippen molar-refractivity contribution in [1.29, 1.82) is 0 Å². The first-order valence-electron chi connectivity index (χ1n) is 7.56. The van der Waals surface area contributed by atoms with Crippen molar-refractivity contribution < 1.29 is 10.2 Å². The Hall–Kier alpha value is -0.0800. The summed E-state index contributed by atoms with van der Waals surface area (Å²) >= 11 is 0. The predicted octanol–water partition coefficient (Wildman–Crippen LogP) is 4.04. The number of hydrogen-bond donors (Lipinski definition) is 2. The van der Waals surface area contributed by atoms with Gasteiger partial charge in [0.05, 0.1) is 12.2 Å². The lowest BCUT2D eigenvalue weighted by Crippen LogP contribution is -2.06. The second kappa shape index (κ2) is 12.4. The molecule has 0 radical (unpaired) electrons. The Labute approximate surface area is 107 Å². The summed E-state index contributed by atoms with van der Waals surface area (Å²) in [5.74, 6) is 0. The molecule has 0 aromatic heterocycles. The molecule has 0 rings (SSSR count). The summed E-state index contributed by atoms with van der Waals surface area (Å²) in [5, 5.41) is 19.2. The van der Waals surface area contributed by atoms with Crippen LogP contribution in [0.1, 0.15) is 84.5 Å². The minimum Gasteiger partial charge on any atom is -0.393 e. The van der Waals surface area contributed by atoms with Gasteiger partial charge in [0.15, 0.2) is 0 Å². The van der Waals surface area contributed by atoms with Gasteiger partial charge in [-0.15, -0.1) is 0 Å². The summed E-state index contributed by atoms with van der Waals surface area (Å²) in [5.41, 5.74) is 0. The van der Waals surface area contributed by atoms with Gasteiger partial charge in [-0.1, -0.05) is 58.8 Å². The molecule has 0 aromatic rings. The van der Waals surface area contributed by atoms with Crippen molar-refractivity contribution in [3.63, 3.8) is 0 Å². The average molecular weight is 244 g/mol. The SMILES string of the molecule is CCCCC(O)CCCCCCC(O)CCC. The third-order valence-electron chi connectivity index (χ3n) is 3.34. The second-order valence-electron chi connectivity index (χ2n) is 5.23. The molecule has 0 amide bonds. The maximum Gasteiger partial charge on any atom is 0.0540 e. The third kappa shape index (κ3) is 12.2. The van der Waals surface area contributed by atoms with E-state index in [-0.39, 0.29) is 12.2 Å². The molecular formula is C15H32O2. The minimum absolute atomic E-state index is 0.0827. The van der Waals surface area contributed by atoms with E-state index in [0.29, 0.717) is 0 Å². The van der Waals surface area contributed by atoms with E-state index < -0.39 is 0 Å². The van der Waals surface area contributed by atoms with E-state index >= 15 is 0 Å². The topological polar surface area (TPSA) is 40.5 Å². The van der Waals surface area contributed by atoms with Crippen molar-refractivity contribution in [2.45, 2.75) is 96.7 Å². The molecule has 0 aliphatic heterocycles. The summed E-state index contributed by atoms with van der Waals surface area (Å²) in [4.78, 5) is 0. The molecule has 2 atom stereocenters. The van der Waals surface area contributed by atoms with E-state index in [4.69, 9.17) is 0 Å². The summed E-state index contributed by atoms with van der Waals surface area (Å²) < 4.78 is 0. The largest absolute Gasteiger partial charge is 0.393 e. The number of hydrogen-bond acceptors (Lipinski definition) is 2. The number of unbranched alkanes of at least 4 members (excludes halogenated alkanes) is 4. The van der Waals surface area contributed by atoms with Crippen molar-refractivity contribution in [2.75, 3.05) is 0 Å². The molecule has 2 nitrogen and oxygen atoms in total. The molecule has 0 saturated carbocycles. The molecule has 2 heteroatoms. The fourth-order valence-corrected chi connectivity index (χ4v) is 2.18. The van der Waals surface area contributed by atoms with Gasteiger partial charge < -0.3 is 10.2 Å². The van der Waals surface area contributed by atoms with Crippen molar-refractivity contribution in [2.24, 2.45) is 0 Å². The zero-order valence-electron chi connectivity index (χ0n) is 11.8.